The maximum absolute atomic E-state index is 12.8. The summed E-state index contributed by atoms with van der Waals surface area (Å²) in [4.78, 5) is 28.7. The summed E-state index contributed by atoms with van der Waals surface area (Å²) >= 11 is 0. The van der Waals surface area contributed by atoms with Gasteiger partial charge in [-0.15, -0.1) is 10.2 Å². The molecule has 170 valence electrons. The van der Waals surface area contributed by atoms with Crippen molar-refractivity contribution >= 4 is 17.9 Å². The number of likely N-dealkylation sites (N-methyl/N-ethyl adjacent to an activating group) is 1. The van der Waals surface area contributed by atoms with Crippen LogP contribution in [0.1, 0.15) is 25.6 Å². The molecule has 2 unspecified atom stereocenters. The van der Waals surface area contributed by atoms with Crippen LogP contribution in [-0.2, 0) is 11.4 Å². The van der Waals surface area contributed by atoms with E-state index in [2.05, 4.69) is 29.4 Å². The Bertz CT molecular complexity index is 1170. The second-order valence-electron chi connectivity index (χ2n) is 8.80. The maximum atomic E-state index is 12.8. The Balaban J connectivity index is 1.45. The van der Waals surface area contributed by atoms with E-state index in [0.717, 1.165) is 16.9 Å². The van der Waals surface area contributed by atoms with Crippen molar-refractivity contribution in [3.8, 4) is 17.1 Å². The number of nitrogens with one attached hydrogen (secondary N) is 1. The number of anilines is 1. The molecule has 3 heterocycles. The molecule has 0 aliphatic carbocycles. The summed E-state index contributed by atoms with van der Waals surface area (Å²) < 4.78 is 7.78. The Labute approximate surface area is 192 Å². The lowest BCUT2D eigenvalue weighted by atomic mass is 10.1. The van der Waals surface area contributed by atoms with Crippen molar-refractivity contribution in [1.82, 2.24) is 25.0 Å². The van der Waals surface area contributed by atoms with Crippen molar-refractivity contribution in [2.45, 2.75) is 32.7 Å². The number of imide groups is 1. The molecule has 1 fully saturated rings. The van der Waals surface area contributed by atoms with Crippen molar-refractivity contribution in [1.29, 1.82) is 0 Å². The van der Waals surface area contributed by atoms with E-state index in [9.17, 15) is 9.59 Å². The van der Waals surface area contributed by atoms with Gasteiger partial charge in [-0.25, -0.2) is 4.79 Å². The molecule has 5 rings (SSSR count). The summed E-state index contributed by atoms with van der Waals surface area (Å²) in [6, 6.07) is 16.6. The molecule has 3 aromatic rings. The first-order valence-corrected chi connectivity index (χ1v) is 11.0. The van der Waals surface area contributed by atoms with Gasteiger partial charge in [0, 0.05) is 19.2 Å². The molecule has 33 heavy (non-hydrogen) atoms. The lowest BCUT2D eigenvalue weighted by Gasteiger charge is -2.37. The van der Waals surface area contributed by atoms with E-state index in [0.29, 0.717) is 30.8 Å². The van der Waals surface area contributed by atoms with Gasteiger partial charge in [0.1, 0.15) is 18.5 Å². The Morgan fingerprint density at radius 1 is 1.03 bits per heavy atom. The summed E-state index contributed by atoms with van der Waals surface area (Å²) in [5, 5.41) is 11.3. The average Bonchev–Trinajstić information content (AvgIpc) is 3.36. The lowest BCUT2D eigenvalue weighted by molar-refractivity contribution is -0.124. The zero-order valence-electron chi connectivity index (χ0n) is 18.8. The smallest absolute Gasteiger partial charge is 0.325 e. The molecule has 2 aliphatic heterocycles. The minimum absolute atomic E-state index is 0.300. The van der Waals surface area contributed by atoms with Crippen molar-refractivity contribution in [3.05, 3.63) is 60.2 Å². The zero-order chi connectivity index (χ0) is 23.1. The fraction of sp³-hybridized carbons (Fsp3) is 0.333. The number of carbonyl (C=O) groups excluding carboxylic acids is 2. The highest BCUT2D eigenvalue weighted by atomic mass is 16.5. The maximum Gasteiger partial charge on any atom is 0.325 e. The summed E-state index contributed by atoms with van der Waals surface area (Å²) in [7, 11) is 1.69. The molecule has 0 bridgehead atoms. The topological polar surface area (TPSA) is 92.6 Å². The van der Waals surface area contributed by atoms with Crippen LogP contribution in [0.5, 0.6) is 5.75 Å². The van der Waals surface area contributed by atoms with Gasteiger partial charge in [0.05, 0.1) is 0 Å². The molecule has 0 saturated carbocycles. The number of amides is 3. The van der Waals surface area contributed by atoms with Gasteiger partial charge in [-0.05, 0) is 35.7 Å². The standard InChI is InChI=1S/C24H26N6O3/c1-15(2)13-29-19-21(31)25-24(32)28(3)22(19)30-20(26-27-23(29)30)17-9-11-18(12-10-17)33-14-16-7-5-4-6-8-16/h4-12,15,19,22H,13-14H2,1-3H3,(H,25,31,32). The molecular weight excluding hydrogens is 420 g/mol. The number of ether oxygens (including phenoxy) is 1. The van der Waals surface area contributed by atoms with Gasteiger partial charge in [0.25, 0.3) is 5.91 Å². The molecule has 0 spiro atoms. The average molecular weight is 447 g/mol. The number of fused-ring (bicyclic) bond motifs is 3. The van der Waals surface area contributed by atoms with Gasteiger partial charge >= 0.3 is 6.03 Å². The van der Waals surface area contributed by atoms with Crippen molar-refractivity contribution in [2.75, 3.05) is 18.5 Å². The Kier molecular flexibility index (Phi) is 5.24. The minimum atomic E-state index is -0.548. The molecule has 0 radical (unpaired) electrons. The van der Waals surface area contributed by atoms with E-state index >= 15 is 0 Å². The number of rotatable bonds is 6. The lowest BCUT2D eigenvalue weighted by Crippen LogP contribution is -2.61. The molecule has 1 saturated heterocycles. The van der Waals surface area contributed by atoms with Crippen LogP contribution in [0.2, 0.25) is 0 Å². The van der Waals surface area contributed by atoms with Crippen LogP contribution in [0.15, 0.2) is 54.6 Å². The van der Waals surface area contributed by atoms with Crippen LogP contribution in [0, 0.1) is 5.92 Å². The molecule has 9 nitrogen and oxygen atoms in total. The van der Waals surface area contributed by atoms with Gasteiger partial charge in [-0.2, -0.15) is 0 Å². The third-order valence-corrected chi connectivity index (χ3v) is 5.96. The Morgan fingerprint density at radius 2 is 1.76 bits per heavy atom. The predicted octanol–water partition coefficient (Wildman–Crippen LogP) is 3.05. The Morgan fingerprint density at radius 3 is 2.45 bits per heavy atom. The fourth-order valence-electron chi connectivity index (χ4n) is 4.43. The molecular formula is C24H26N6O3. The molecule has 1 N–H and O–H groups in total. The SMILES string of the molecule is CC(C)CN1c2nnc(-c3ccc(OCc4ccccc4)cc3)n2C2C1C(=O)NC(=O)N2C. The van der Waals surface area contributed by atoms with Crippen LogP contribution in [0.25, 0.3) is 11.4 Å². The highest BCUT2D eigenvalue weighted by molar-refractivity contribution is 6.02. The van der Waals surface area contributed by atoms with E-state index in [1.807, 2.05) is 64.1 Å². The fourth-order valence-corrected chi connectivity index (χ4v) is 4.43. The molecule has 2 aliphatic rings. The van der Waals surface area contributed by atoms with Gasteiger partial charge < -0.3 is 14.5 Å². The van der Waals surface area contributed by atoms with E-state index in [1.54, 1.807) is 11.9 Å². The Hall–Kier alpha value is -3.88. The molecule has 2 atom stereocenters. The van der Waals surface area contributed by atoms with Crippen molar-refractivity contribution < 1.29 is 14.3 Å². The predicted molar refractivity (Wildman–Crippen MR) is 123 cm³/mol. The number of urea groups is 1. The number of carbonyl (C=O) groups is 2. The molecule has 1 aromatic heterocycles. The highest BCUT2D eigenvalue weighted by Gasteiger charge is 2.52. The van der Waals surface area contributed by atoms with E-state index in [4.69, 9.17) is 4.74 Å². The summed E-state index contributed by atoms with van der Waals surface area (Å²) in [5.74, 6) is 1.93. The van der Waals surface area contributed by atoms with E-state index in [1.165, 1.54) is 0 Å². The normalized spacial score (nSPS) is 19.5. The summed E-state index contributed by atoms with van der Waals surface area (Å²) in [6.07, 6.45) is -0.515. The van der Waals surface area contributed by atoms with Crippen LogP contribution in [-0.4, -0.2) is 51.2 Å². The second-order valence-corrected chi connectivity index (χ2v) is 8.80. The molecule has 3 amide bonds. The van der Waals surface area contributed by atoms with Crippen LogP contribution >= 0.6 is 0 Å². The van der Waals surface area contributed by atoms with Gasteiger partial charge in [-0.3, -0.25) is 14.7 Å². The van der Waals surface area contributed by atoms with Crippen LogP contribution < -0.4 is 15.0 Å². The van der Waals surface area contributed by atoms with Crippen LogP contribution in [0.4, 0.5) is 10.7 Å². The summed E-state index contributed by atoms with van der Waals surface area (Å²) in [6.45, 7) is 5.27. The van der Waals surface area contributed by atoms with Crippen LogP contribution in [0.3, 0.4) is 0 Å². The summed E-state index contributed by atoms with van der Waals surface area (Å²) in [5.41, 5.74) is 1.93. The monoisotopic (exact) mass is 446 g/mol. The highest BCUT2D eigenvalue weighted by Crippen LogP contribution is 2.41. The minimum Gasteiger partial charge on any atom is -0.489 e. The van der Waals surface area contributed by atoms with Crippen molar-refractivity contribution in [2.24, 2.45) is 5.92 Å². The number of hydrogen-bond acceptors (Lipinski definition) is 6. The molecule has 9 heteroatoms. The first kappa shape index (κ1) is 21.0. The van der Waals surface area contributed by atoms with Crippen molar-refractivity contribution in [3.63, 3.8) is 0 Å². The molecule has 2 aromatic carbocycles. The zero-order valence-corrected chi connectivity index (χ0v) is 18.8. The van der Waals surface area contributed by atoms with Gasteiger partial charge in [-0.1, -0.05) is 44.2 Å². The number of benzene rings is 2. The third kappa shape index (κ3) is 3.69. The van der Waals surface area contributed by atoms with E-state index < -0.39 is 18.2 Å². The van der Waals surface area contributed by atoms with Gasteiger partial charge in [0.2, 0.25) is 5.95 Å². The second kappa shape index (κ2) is 8.23. The van der Waals surface area contributed by atoms with E-state index in [-0.39, 0.29) is 5.91 Å². The number of nitrogens with zero attached hydrogens (tertiary/aromatic N) is 5. The first-order valence-electron chi connectivity index (χ1n) is 11.0. The van der Waals surface area contributed by atoms with Gasteiger partial charge in [0.15, 0.2) is 11.9 Å². The first-order chi connectivity index (χ1) is 15.9. The number of hydrogen-bond donors (Lipinski definition) is 1. The quantitative estimate of drug-likeness (QED) is 0.626. The largest absolute Gasteiger partial charge is 0.489 e. The number of aromatic nitrogens is 3. The third-order valence-electron chi connectivity index (χ3n) is 5.96.